The summed E-state index contributed by atoms with van der Waals surface area (Å²) in [4.78, 5) is 16.9. The maximum absolute atomic E-state index is 12.6. The first-order valence-corrected chi connectivity index (χ1v) is 8.85. The topological polar surface area (TPSA) is 53.4 Å². The number of nitrogens with zero attached hydrogens (tertiary/aromatic N) is 4. The van der Waals surface area contributed by atoms with Gasteiger partial charge in [-0.1, -0.05) is 6.92 Å². The predicted molar refractivity (Wildman–Crippen MR) is 91.4 cm³/mol. The number of carbonyl (C=O) groups is 1. The van der Waals surface area contributed by atoms with Gasteiger partial charge in [0.05, 0.1) is 11.9 Å². The maximum atomic E-state index is 12.6. The summed E-state index contributed by atoms with van der Waals surface area (Å²) in [7, 11) is 1.94. The van der Waals surface area contributed by atoms with Crippen LogP contribution in [0.15, 0.2) is 12.4 Å². The number of aromatic nitrogens is 2. The number of piperazine rings is 1. The number of hydrogen-bond acceptors (Lipinski definition) is 4. The van der Waals surface area contributed by atoms with Gasteiger partial charge >= 0.3 is 0 Å². The molecule has 2 fully saturated rings. The number of piperidine rings is 1. The molecule has 0 spiro atoms. The van der Waals surface area contributed by atoms with E-state index in [9.17, 15) is 4.79 Å². The molecule has 2 saturated heterocycles. The van der Waals surface area contributed by atoms with Gasteiger partial charge in [-0.15, -0.1) is 0 Å². The minimum Gasteiger partial charge on any atom is -0.365 e. The molecule has 0 saturated carbocycles. The van der Waals surface area contributed by atoms with E-state index in [1.165, 1.54) is 12.8 Å². The zero-order chi connectivity index (χ0) is 16.2. The summed E-state index contributed by atoms with van der Waals surface area (Å²) in [5.41, 5.74) is 1.15. The SMILES string of the molecule is CC(CC(=O)N1CCN(c2cnn(C)c2)CC1)C1CCCNC1. The van der Waals surface area contributed by atoms with Gasteiger partial charge < -0.3 is 15.1 Å². The fourth-order valence-electron chi connectivity index (χ4n) is 3.72. The van der Waals surface area contributed by atoms with Crippen molar-refractivity contribution in [3.8, 4) is 0 Å². The van der Waals surface area contributed by atoms with Crippen LogP contribution in [-0.4, -0.2) is 59.9 Å². The Balaban J connectivity index is 1.46. The molecule has 2 aliphatic heterocycles. The molecule has 0 aromatic carbocycles. The van der Waals surface area contributed by atoms with Crippen LogP contribution in [-0.2, 0) is 11.8 Å². The molecule has 1 aromatic rings. The van der Waals surface area contributed by atoms with Crippen LogP contribution in [0.1, 0.15) is 26.2 Å². The molecule has 0 radical (unpaired) electrons. The zero-order valence-electron chi connectivity index (χ0n) is 14.4. The lowest BCUT2D eigenvalue weighted by Gasteiger charge is -2.36. The first-order chi connectivity index (χ1) is 11.1. The lowest BCUT2D eigenvalue weighted by Crippen LogP contribution is -2.49. The van der Waals surface area contributed by atoms with E-state index in [-0.39, 0.29) is 0 Å². The molecule has 2 atom stereocenters. The summed E-state index contributed by atoms with van der Waals surface area (Å²) in [6.07, 6.45) is 7.13. The number of amides is 1. The Morgan fingerprint density at radius 3 is 2.78 bits per heavy atom. The third kappa shape index (κ3) is 4.05. The van der Waals surface area contributed by atoms with Crippen molar-refractivity contribution in [2.75, 3.05) is 44.2 Å². The number of aryl methyl sites for hydroxylation is 1. The lowest BCUT2D eigenvalue weighted by molar-refractivity contribution is -0.132. The molecule has 1 N–H and O–H groups in total. The molecule has 1 amide bonds. The van der Waals surface area contributed by atoms with E-state index in [0.717, 1.165) is 45.0 Å². The number of nitrogens with one attached hydrogen (secondary N) is 1. The molecular formula is C17H29N5O. The van der Waals surface area contributed by atoms with Crippen molar-refractivity contribution >= 4 is 11.6 Å². The monoisotopic (exact) mass is 319 g/mol. The van der Waals surface area contributed by atoms with Crippen molar-refractivity contribution in [3.05, 3.63) is 12.4 Å². The van der Waals surface area contributed by atoms with Gasteiger partial charge in [0, 0.05) is 45.8 Å². The first kappa shape index (κ1) is 16.3. The summed E-state index contributed by atoms with van der Waals surface area (Å²) in [6, 6.07) is 0. The van der Waals surface area contributed by atoms with Crippen LogP contribution in [0.2, 0.25) is 0 Å². The molecule has 3 heterocycles. The highest BCUT2D eigenvalue weighted by atomic mass is 16.2. The van der Waals surface area contributed by atoms with Crippen molar-refractivity contribution in [3.63, 3.8) is 0 Å². The Kier molecular flexibility index (Phi) is 5.20. The molecule has 2 aliphatic rings. The third-order valence-corrected chi connectivity index (χ3v) is 5.33. The van der Waals surface area contributed by atoms with Crippen LogP contribution in [0.25, 0.3) is 0 Å². The van der Waals surface area contributed by atoms with Crippen LogP contribution < -0.4 is 10.2 Å². The standard InChI is InChI=1S/C17H29N5O/c1-14(15-4-3-5-18-11-15)10-17(23)22-8-6-21(7-9-22)16-12-19-20(2)13-16/h12-15,18H,3-11H2,1-2H3. The molecule has 6 nitrogen and oxygen atoms in total. The second-order valence-corrected chi connectivity index (χ2v) is 7.03. The fourth-order valence-corrected chi connectivity index (χ4v) is 3.72. The minimum atomic E-state index is 0.328. The van der Waals surface area contributed by atoms with Gasteiger partial charge in [0.15, 0.2) is 0 Å². The average Bonchev–Trinajstić information content (AvgIpc) is 3.02. The normalized spacial score (nSPS) is 23.8. The Labute approximate surface area is 138 Å². The van der Waals surface area contributed by atoms with E-state index in [1.54, 1.807) is 0 Å². The summed E-state index contributed by atoms with van der Waals surface area (Å²) >= 11 is 0. The van der Waals surface area contributed by atoms with Crippen molar-refractivity contribution in [1.29, 1.82) is 0 Å². The fraction of sp³-hybridized carbons (Fsp3) is 0.765. The molecule has 1 aromatic heterocycles. The first-order valence-electron chi connectivity index (χ1n) is 8.85. The quantitative estimate of drug-likeness (QED) is 0.903. The zero-order valence-corrected chi connectivity index (χ0v) is 14.4. The molecule has 23 heavy (non-hydrogen) atoms. The predicted octanol–water partition coefficient (Wildman–Crippen LogP) is 1.09. The Hall–Kier alpha value is -1.56. The van der Waals surface area contributed by atoms with Gasteiger partial charge in [0.1, 0.15) is 0 Å². The Bertz CT molecular complexity index is 515. The van der Waals surface area contributed by atoms with E-state index in [0.29, 0.717) is 24.2 Å². The average molecular weight is 319 g/mol. The van der Waals surface area contributed by atoms with Gasteiger partial charge in [-0.25, -0.2) is 0 Å². The summed E-state index contributed by atoms with van der Waals surface area (Å²) < 4.78 is 1.83. The minimum absolute atomic E-state index is 0.328. The van der Waals surface area contributed by atoms with Gasteiger partial charge in [0.2, 0.25) is 5.91 Å². The van der Waals surface area contributed by atoms with Crippen LogP contribution >= 0.6 is 0 Å². The van der Waals surface area contributed by atoms with Crippen LogP contribution in [0.5, 0.6) is 0 Å². The summed E-state index contributed by atoms with van der Waals surface area (Å²) in [5, 5.41) is 7.68. The van der Waals surface area contributed by atoms with Crippen molar-refractivity contribution < 1.29 is 4.79 Å². The van der Waals surface area contributed by atoms with Crippen molar-refractivity contribution in [1.82, 2.24) is 20.0 Å². The van der Waals surface area contributed by atoms with Crippen LogP contribution in [0.4, 0.5) is 5.69 Å². The second kappa shape index (κ2) is 7.34. The lowest BCUT2D eigenvalue weighted by atomic mass is 9.85. The molecule has 0 aliphatic carbocycles. The second-order valence-electron chi connectivity index (χ2n) is 7.03. The number of hydrogen-bond donors (Lipinski definition) is 1. The Morgan fingerprint density at radius 1 is 1.39 bits per heavy atom. The van der Waals surface area contributed by atoms with Crippen molar-refractivity contribution in [2.45, 2.75) is 26.2 Å². The molecule has 0 bridgehead atoms. The smallest absolute Gasteiger partial charge is 0.222 e. The van der Waals surface area contributed by atoms with Gasteiger partial charge in [0.25, 0.3) is 0 Å². The van der Waals surface area contributed by atoms with Gasteiger partial charge in [-0.2, -0.15) is 5.10 Å². The van der Waals surface area contributed by atoms with E-state index in [1.807, 2.05) is 29.0 Å². The molecule has 128 valence electrons. The highest BCUT2D eigenvalue weighted by molar-refractivity contribution is 5.76. The number of anilines is 1. The largest absolute Gasteiger partial charge is 0.365 e. The van der Waals surface area contributed by atoms with E-state index < -0.39 is 0 Å². The number of rotatable bonds is 4. The summed E-state index contributed by atoms with van der Waals surface area (Å²) in [5.74, 6) is 1.46. The van der Waals surface area contributed by atoms with E-state index in [2.05, 4.69) is 22.2 Å². The third-order valence-electron chi connectivity index (χ3n) is 5.33. The highest BCUT2D eigenvalue weighted by Gasteiger charge is 2.26. The summed E-state index contributed by atoms with van der Waals surface area (Å²) in [6.45, 7) is 7.89. The highest BCUT2D eigenvalue weighted by Crippen LogP contribution is 2.24. The number of carbonyl (C=O) groups excluding carboxylic acids is 1. The van der Waals surface area contributed by atoms with E-state index >= 15 is 0 Å². The van der Waals surface area contributed by atoms with Crippen LogP contribution in [0.3, 0.4) is 0 Å². The molecule has 2 unspecified atom stereocenters. The molecule has 6 heteroatoms. The molecular weight excluding hydrogens is 290 g/mol. The molecule has 3 rings (SSSR count). The van der Waals surface area contributed by atoms with E-state index in [4.69, 9.17) is 0 Å². The van der Waals surface area contributed by atoms with Crippen molar-refractivity contribution in [2.24, 2.45) is 18.9 Å². The Morgan fingerprint density at radius 2 is 2.17 bits per heavy atom. The van der Waals surface area contributed by atoms with Gasteiger partial charge in [-0.3, -0.25) is 9.48 Å². The van der Waals surface area contributed by atoms with Gasteiger partial charge in [-0.05, 0) is 37.8 Å². The maximum Gasteiger partial charge on any atom is 0.222 e. The van der Waals surface area contributed by atoms with Crippen LogP contribution in [0, 0.1) is 11.8 Å².